The fourth-order valence-electron chi connectivity index (χ4n) is 3.54. The Kier molecular flexibility index (Phi) is 8.10. The average molecular weight is 395 g/mol. The molecule has 0 aliphatic carbocycles. The molecular formula is C20H34N4O2S. The molecule has 3 unspecified atom stereocenters. The van der Waals surface area contributed by atoms with Gasteiger partial charge >= 0.3 is 0 Å². The molecule has 7 heteroatoms. The van der Waals surface area contributed by atoms with E-state index < -0.39 is 9.84 Å². The Labute approximate surface area is 164 Å². The smallest absolute Gasteiger partial charge is 0.191 e. The van der Waals surface area contributed by atoms with Crippen LogP contribution in [-0.2, 0) is 16.4 Å². The van der Waals surface area contributed by atoms with Crippen LogP contribution in [0.15, 0.2) is 35.3 Å². The second-order valence-electron chi connectivity index (χ2n) is 7.78. The highest BCUT2D eigenvalue weighted by atomic mass is 32.2. The fraction of sp³-hybridized carbons (Fsp3) is 0.650. The minimum atomic E-state index is -2.93. The van der Waals surface area contributed by atoms with E-state index in [4.69, 9.17) is 0 Å². The van der Waals surface area contributed by atoms with Crippen molar-refractivity contribution in [1.82, 2.24) is 15.5 Å². The number of aliphatic imine (C=N–C) groups is 1. The zero-order chi connectivity index (χ0) is 19.9. The van der Waals surface area contributed by atoms with Crippen LogP contribution in [0, 0.1) is 5.92 Å². The minimum Gasteiger partial charge on any atom is -0.356 e. The van der Waals surface area contributed by atoms with Gasteiger partial charge in [0, 0.05) is 45.0 Å². The number of likely N-dealkylation sites (tertiary alicyclic amines) is 1. The van der Waals surface area contributed by atoms with Gasteiger partial charge in [0.25, 0.3) is 0 Å². The number of guanidine groups is 1. The van der Waals surface area contributed by atoms with Gasteiger partial charge in [-0.25, -0.2) is 8.42 Å². The number of hydrogen-bond acceptors (Lipinski definition) is 4. The lowest BCUT2D eigenvalue weighted by Crippen LogP contribution is -2.44. The van der Waals surface area contributed by atoms with Crippen molar-refractivity contribution in [1.29, 1.82) is 0 Å². The van der Waals surface area contributed by atoms with Gasteiger partial charge in [0.2, 0.25) is 0 Å². The van der Waals surface area contributed by atoms with Gasteiger partial charge in [-0.1, -0.05) is 30.3 Å². The molecule has 152 valence electrons. The normalized spacial score (nSPS) is 22.6. The van der Waals surface area contributed by atoms with Crippen molar-refractivity contribution in [3.8, 4) is 0 Å². The summed E-state index contributed by atoms with van der Waals surface area (Å²) in [6, 6.07) is 11.2. The van der Waals surface area contributed by atoms with Gasteiger partial charge in [0.1, 0.15) is 9.84 Å². The quantitative estimate of drug-likeness (QED) is 0.520. The number of hydrogen-bond donors (Lipinski definition) is 2. The van der Waals surface area contributed by atoms with E-state index in [1.807, 2.05) is 6.92 Å². The van der Waals surface area contributed by atoms with Gasteiger partial charge < -0.3 is 10.6 Å². The second kappa shape index (κ2) is 10.1. The molecule has 1 saturated heterocycles. The Bertz CT molecular complexity index is 706. The van der Waals surface area contributed by atoms with Gasteiger partial charge in [0.15, 0.2) is 5.96 Å². The zero-order valence-corrected chi connectivity index (χ0v) is 17.8. The number of nitrogens with one attached hydrogen (secondary N) is 2. The van der Waals surface area contributed by atoms with Crippen molar-refractivity contribution < 1.29 is 8.42 Å². The SMILES string of the molecule is CN=C(NCC1CC(C)N(Cc2ccccc2)C1)NC(C)CCS(C)(=O)=O. The highest BCUT2D eigenvalue weighted by molar-refractivity contribution is 7.90. The highest BCUT2D eigenvalue weighted by Gasteiger charge is 2.28. The molecule has 1 heterocycles. The first-order chi connectivity index (χ1) is 12.8. The summed E-state index contributed by atoms with van der Waals surface area (Å²) in [6.45, 7) is 7.21. The van der Waals surface area contributed by atoms with E-state index in [-0.39, 0.29) is 11.8 Å². The molecule has 1 aliphatic rings. The maximum absolute atomic E-state index is 11.3. The summed E-state index contributed by atoms with van der Waals surface area (Å²) in [5, 5.41) is 6.69. The van der Waals surface area contributed by atoms with Crippen LogP contribution in [0.1, 0.15) is 32.3 Å². The Morgan fingerprint density at radius 3 is 2.67 bits per heavy atom. The third-order valence-corrected chi connectivity index (χ3v) is 6.08. The van der Waals surface area contributed by atoms with Crippen LogP contribution in [0.25, 0.3) is 0 Å². The summed E-state index contributed by atoms with van der Waals surface area (Å²) < 4.78 is 22.6. The van der Waals surface area contributed by atoms with E-state index in [1.165, 1.54) is 18.2 Å². The molecule has 0 aromatic heterocycles. The van der Waals surface area contributed by atoms with Crippen LogP contribution in [0.3, 0.4) is 0 Å². The van der Waals surface area contributed by atoms with Gasteiger partial charge in [-0.2, -0.15) is 0 Å². The van der Waals surface area contributed by atoms with Crippen LogP contribution in [0.4, 0.5) is 0 Å². The number of rotatable bonds is 8. The molecule has 0 saturated carbocycles. The number of benzene rings is 1. The van der Waals surface area contributed by atoms with E-state index in [9.17, 15) is 8.42 Å². The van der Waals surface area contributed by atoms with Crippen LogP contribution in [0.5, 0.6) is 0 Å². The summed E-state index contributed by atoms with van der Waals surface area (Å²) in [7, 11) is -1.18. The predicted octanol–water partition coefficient (Wildman–Crippen LogP) is 1.89. The molecule has 2 rings (SSSR count). The van der Waals surface area contributed by atoms with Crippen molar-refractivity contribution in [2.24, 2.45) is 10.9 Å². The topological polar surface area (TPSA) is 73.8 Å². The molecule has 0 radical (unpaired) electrons. The van der Waals surface area contributed by atoms with Crippen molar-refractivity contribution in [2.75, 3.05) is 32.1 Å². The summed E-state index contributed by atoms with van der Waals surface area (Å²) in [5.41, 5.74) is 1.36. The van der Waals surface area contributed by atoms with Crippen molar-refractivity contribution >= 4 is 15.8 Å². The van der Waals surface area contributed by atoms with Crippen LogP contribution in [0.2, 0.25) is 0 Å². The lowest BCUT2D eigenvalue weighted by molar-refractivity contribution is 0.255. The van der Waals surface area contributed by atoms with Crippen molar-refractivity contribution in [3.05, 3.63) is 35.9 Å². The van der Waals surface area contributed by atoms with E-state index in [1.54, 1.807) is 7.05 Å². The third kappa shape index (κ3) is 7.89. The van der Waals surface area contributed by atoms with Crippen molar-refractivity contribution in [2.45, 2.75) is 45.3 Å². The Balaban J connectivity index is 1.76. The van der Waals surface area contributed by atoms with Gasteiger partial charge in [-0.05, 0) is 38.2 Å². The molecule has 6 nitrogen and oxygen atoms in total. The first kappa shape index (κ1) is 21.7. The van der Waals surface area contributed by atoms with Crippen LogP contribution in [-0.4, -0.2) is 63.5 Å². The molecule has 3 atom stereocenters. The zero-order valence-electron chi connectivity index (χ0n) is 17.0. The Morgan fingerprint density at radius 2 is 2.04 bits per heavy atom. The molecule has 1 fully saturated rings. The van der Waals surface area contributed by atoms with E-state index in [2.05, 4.69) is 57.8 Å². The number of nitrogens with zero attached hydrogens (tertiary/aromatic N) is 2. The largest absolute Gasteiger partial charge is 0.356 e. The molecule has 2 N–H and O–H groups in total. The molecular weight excluding hydrogens is 360 g/mol. The van der Waals surface area contributed by atoms with E-state index in [0.29, 0.717) is 18.4 Å². The van der Waals surface area contributed by atoms with Gasteiger partial charge in [0.05, 0.1) is 5.75 Å². The molecule has 0 amide bonds. The predicted molar refractivity (Wildman–Crippen MR) is 113 cm³/mol. The molecule has 1 aromatic carbocycles. The van der Waals surface area contributed by atoms with Gasteiger partial charge in [-0.3, -0.25) is 9.89 Å². The summed E-state index contributed by atoms with van der Waals surface area (Å²) in [6.07, 6.45) is 3.01. The monoisotopic (exact) mass is 394 g/mol. The lowest BCUT2D eigenvalue weighted by Gasteiger charge is -2.21. The Morgan fingerprint density at radius 1 is 1.33 bits per heavy atom. The Hall–Kier alpha value is -1.60. The standard InChI is InChI=1S/C20H34N4O2S/c1-16(10-11-27(4,25)26)23-20(21-3)22-13-19-12-17(2)24(15-19)14-18-8-6-5-7-9-18/h5-9,16-17,19H,10-15H2,1-4H3,(H2,21,22,23). The third-order valence-electron chi connectivity index (χ3n) is 5.11. The van der Waals surface area contributed by atoms with Gasteiger partial charge in [-0.15, -0.1) is 0 Å². The first-order valence-corrected chi connectivity index (χ1v) is 11.8. The van der Waals surface area contributed by atoms with E-state index >= 15 is 0 Å². The summed E-state index contributed by atoms with van der Waals surface area (Å²) >= 11 is 0. The second-order valence-corrected chi connectivity index (χ2v) is 10.0. The van der Waals surface area contributed by atoms with Crippen LogP contribution >= 0.6 is 0 Å². The maximum atomic E-state index is 11.3. The highest BCUT2D eigenvalue weighted by Crippen LogP contribution is 2.24. The maximum Gasteiger partial charge on any atom is 0.191 e. The lowest BCUT2D eigenvalue weighted by atomic mass is 10.1. The number of sulfone groups is 1. The minimum absolute atomic E-state index is 0.0583. The van der Waals surface area contributed by atoms with Crippen molar-refractivity contribution in [3.63, 3.8) is 0 Å². The van der Waals surface area contributed by atoms with E-state index in [0.717, 1.165) is 25.6 Å². The summed E-state index contributed by atoms with van der Waals surface area (Å²) in [5.74, 6) is 1.51. The molecule has 27 heavy (non-hydrogen) atoms. The molecule has 1 aliphatic heterocycles. The molecule has 1 aromatic rings. The molecule has 0 spiro atoms. The fourth-order valence-corrected chi connectivity index (χ4v) is 4.32. The van der Waals surface area contributed by atoms with Crippen LogP contribution < -0.4 is 10.6 Å². The molecule has 0 bridgehead atoms. The summed E-state index contributed by atoms with van der Waals surface area (Å²) in [4.78, 5) is 6.80. The average Bonchev–Trinajstić information content (AvgIpc) is 2.96. The first-order valence-electron chi connectivity index (χ1n) is 9.69.